The molecule has 0 spiro atoms. The second kappa shape index (κ2) is 5.36. The van der Waals surface area contributed by atoms with Gasteiger partial charge in [0.05, 0.1) is 5.92 Å². The summed E-state index contributed by atoms with van der Waals surface area (Å²) in [5, 5.41) is 2.75. The molecule has 4 heteroatoms. The number of hydrogen-bond donors (Lipinski definition) is 1. The molecule has 1 saturated heterocycles. The predicted octanol–water partition coefficient (Wildman–Crippen LogP) is 0.983. The van der Waals surface area contributed by atoms with Crippen LogP contribution >= 0.6 is 0 Å². The lowest BCUT2D eigenvalue weighted by molar-refractivity contribution is -0.126. The van der Waals surface area contributed by atoms with Crippen LogP contribution in [-0.2, 0) is 18.4 Å². The van der Waals surface area contributed by atoms with Gasteiger partial charge < -0.3 is 9.88 Å². The van der Waals surface area contributed by atoms with E-state index in [1.54, 1.807) is 7.05 Å². The van der Waals surface area contributed by atoms with E-state index >= 15 is 0 Å². The summed E-state index contributed by atoms with van der Waals surface area (Å²) in [6, 6.07) is 4.21. The van der Waals surface area contributed by atoms with Crippen LogP contribution < -0.4 is 5.32 Å². The van der Waals surface area contributed by atoms with Crippen LogP contribution in [0.2, 0.25) is 0 Å². The van der Waals surface area contributed by atoms with Gasteiger partial charge in [-0.25, -0.2) is 0 Å². The Kier molecular flexibility index (Phi) is 3.84. The van der Waals surface area contributed by atoms with E-state index in [-0.39, 0.29) is 11.8 Å². The monoisotopic (exact) mass is 235 g/mol. The van der Waals surface area contributed by atoms with Crippen molar-refractivity contribution in [1.29, 1.82) is 0 Å². The zero-order chi connectivity index (χ0) is 12.3. The second-order valence-electron chi connectivity index (χ2n) is 4.80. The fourth-order valence-corrected chi connectivity index (χ4v) is 2.51. The molecule has 1 aliphatic heterocycles. The Labute approximate surface area is 103 Å². The Balaban J connectivity index is 1.94. The molecule has 1 atom stereocenters. The van der Waals surface area contributed by atoms with Gasteiger partial charge in [-0.2, -0.15) is 0 Å². The third-order valence-corrected chi connectivity index (χ3v) is 3.56. The van der Waals surface area contributed by atoms with E-state index in [1.165, 1.54) is 5.69 Å². The average Bonchev–Trinajstić information content (AvgIpc) is 2.74. The van der Waals surface area contributed by atoms with Crippen molar-refractivity contribution in [2.45, 2.75) is 19.4 Å². The molecule has 2 heterocycles. The lowest BCUT2D eigenvalue weighted by Gasteiger charge is -2.31. The summed E-state index contributed by atoms with van der Waals surface area (Å²) < 4.78 is 2.14. The molecule has 17 heavy (non-hydrogen) atoms. The van der Waals surface area contributed by atoms with Crippen molar-refractivity contribution < 1.29 is 4.79 Å². The van der Waals surface area contributed by atoms with Crippen molar-refractivity contribution in [3.63, 3.8) is 0 Å². The van der Waals surface area contributed by atoms with Crippen molar-refractivity contribution in [3.8, 4) is 0 Å². The topological polar surface area (TPSA) is 37.3 Å². The van der Waals surface area contributed by atoms with Crippen LogP contribution in [0, 0.1) is 5.92 Å². The van der Waals surface area contributed by atoms with Gasteiger partial charge in [-0.3, -0.25) is 9.69 Å². The molecule has 0 radical (unpaired) electrons. The van der Waals surface area contributed by atoms with Gasteiger partial charge in [-0.05, 0) is 31.5 Å². The molecular formula is C13H21N3O. The van der Waals surface area contributed by atoms with E-state index in [4.69, 9.17) is 0 Å². The summed E-state index contributed by atoms with van der Waals surface area (Å²) in [6.45, 7) is 2.92. The number of piperidine rings is 1. The molecule has 1 aromatic rings. The number of amides is 1. The van der Waals surface area contributed by atoms with Gasteiger partial charge in [-0.1, -0.05) is 0 Å². The van der Waals surface area contributed by atoms with E-state index in [0.717, 1.165) is 32.5 Å². The molecule has 1 N–H and O–H groups in total. The van der Waals surface area contributed by atoms with Gasteiger partial charge >= 0.3 is 0 Å². The third kappa shape index (κ3) is 2.88. The Hall–Kier alpha value is -1.29. The highest BCUT2D eigenvalue weighted by Crippen LogP contribution is 2.18. The minimum atomic E-state index is 0.161. The standard InChI is InChI=1S/C13H21N3O/c1-14-13(17)11-5-3-8-16(9-11)10-12-6-4-7-15(12)2/h4,6-7,11H,3,5,8-10H2,1-2H3,(H,14,17)/t11-/m1/s1. The fourth-order valence-electron chi connectivity index (χ4n) is 2.51. The number of rotatable bonds is 3. The minimum absolute atomic E-state index is 0.161. The van der Waals surface area contributed by atoms with Gasteiger partial charge in [0.25, 0.3) is 0 Å². The average molecular weight is 235 g/mol. The summed E-state index contributed by atoms with van der Waals surface area (Å²) in [4.78, 5) is 14.0. The number of nitrogens with one attached hydrogen (secondary N) is 1. The predicted molar refractivity (Wildman–Crippen MR) is 67.5 cm³/mol. The smallest absolute Gasteiger partial charge is 0.224 e. The molecule has 4 nitrogen and oxygen atoms in total. The van der Waals surface area contributed by atoms with E-state index in [0.29, 0.717) is 0 Å². The molecular weight excluding hydrogens is 214 g/mol. The molecule has 1 amide bonds. The molecule has 1 aromatic heterocycles. The number of nitrogens with zero attached hydrogens (tertiary/aromatic N) is 2. The largest absolute Gasteiger partial charge is 0.359 e. The van der Waals surface area contributed by atoms with Crippen LogP contribution in [0.5, 0.6) is 0 Å². The fraction of sp³-hybridized carbons (Fsp3) is 0.615. The summed E-state index contributed by atoms with van der Waals surface area (Å²) in [7, 11) is 3.79. The molecule has 1 aliphatic rings. The van der Waals surface area contributed by atoms with Crippen LogP contribution in [0.25, 0.3) is 0 Å². The summed E-state index contributed by atoms with van der Waals surface area (Å²) in [5.41, 5.74) is 1.31. The minimum Gasteiger partial charge on any atom is -0.359 e. The SMILES string of the molecule is CNC(=O)[C@@H]1CCCN(Cc2cccn2C)C1. The molecule has 0 aromatic carbocycles. The first-order chi connectivity index (χ1) is 8.20. The zero-order valence-electron chi connectivity index (χ0n) is 10.6. The molecule has 94 valence electrons. The first-order valence-electron chi connectivity index (χ1n) is 6.25. The normalized spacial score (nSPS) is 21.4. The molecule has 0 bridgehead atoms. The molecule has 0 aliphatic carbocycles. The number of aryl methyl sites for hydroxylation is 1. The molecule has 2 rings (SSSR count). The third-order valence-electron chi connectivity index (χ3n) is 3.56. The number of hydrogen-bond acceptors (Lipinski definition) is 2. The van der Waals surface area contributed by atoms with Crippen LogP contribution in [0.15, 0.2) is 18.3 Å². The lowest BCUT2D eigenvalue weighted by atomic mass is 9.97. The van der Waals surface area contributed by atoms with Crippen LogP contribution in [0.4, 0.5) is 0 Å². The quantitative estimate of drug-likeness (QED) is 0.848. The van der Waals surface area contributed by atoms with E-state index < -0.39 is 0 Å². The number of aromatic nitrogens is 1. The van der Waals surface area contributed by atoms with Crippen LogP contribution in [-0.4, -0.2) is 35.5 Å². The summed E-state index contributed by atoms with van der Waals surface area (Å²) in [6.07, 6.45) is 4.20. The highest BCUT2D eigenvalue weighted by atomic mass is 16.1. The Bertz CT molecular complexity index is 386. The van der Waals surface area contributed by atoms with Gasteiger partial charge in [0.15, 0.2) is 0 Å². The van der Waals surface area contributed by atoms with E-state index in [2.05, 4.69) is 40.2 Å². The summed E-state index contributed by atoms with van der Waals surface area (Å²) >= 11 is 0. The Morgan fingerprint density at radius 1 is 1.59 bits per heavy atom. The maximum absolute atomic E-state index is 11.6. The van der Waals surface area contributed by atoms with Gasteiger partial charge in [0.2, 0.25) is 5.91 Å². The highest BCUT2D eigenvalue weighted by molar-refractivity contribution is 5.78. The van der Waals surface area contributed by atoms with Crippen molar-refractivity contribution in [3.05, 3.63) is 24.0 Å². The maximum Gasteiger partial charge on any atom is 0.224 e. The second-order valence-corrected chi connectivity index (χ2v) is 4.80. The molecule has 0 unspecified atom stereocenters. The zero-order valence-corrected chi connectivity index (χ0v) is 10.6. The van der Waals surface area contributed by atoms with Crippen molar-refractivity contribution in [2.75, 3.05) is 20.1 Å². The first-order valence-corrected chi connectivity index (χ1v) is 6.25. The first kappa shape index (κ1) is 12.2. The van der Waals surface area contributed by atoms with Gasteiger partial charge in [0, 0.05) is 39.1 Å². The van der Waals surface area contributed by atoms with Crippen molar-refractivity contribution in [1.82, 2.24) is 14.8 Å². The molecule has 1 fully saturated rings. The van der Waals surface area contributed by atoms with E-state index in [1.807, 2.05) is 0 Å². The van der Waals surface area contributed by atoms with Crippen LogP contribution in [0.1, 0.15) is 18.5 Å². The highest BCUT2D eigenvalue weighted by Gasteiger charge is 2.25. The Morgan fingerprint density at radius 2 is 2.41 bits per heavy atom. The molecule has 0 saturated carbocycles. The number of carbonyl (C=O) groups excluding carboxylic acids is 1. The maximum atomic E-state index is 11.6. The Morgan fingerprint density at radius 3 is 3.06 bits per heavy atom. The van der Waals surface area contributed by atoms with Gasteiger partial charge in [0.1, 0.15) is 0 Å². The van der Waals surface area contributed by atoms with E-state index in [9.17, 15) is 4.79 Å². The van der Waals surface area contributed by atoms with Crippen LogP contribution in [0.3, 0.4) is 0 Å². The van der Waals surface area contributed by atoms with Crippen molar-refractivity contribution in [2.24, 2.45) is 13.0 Å². The summed E-state index contributed by atoms with van der Waals surface area (Å²) in [5.74, 6) is 0.343. The number of likely N-dealkylation sites (tertiary alicyclic amines) is 1. The lowest BCUT2D eigenvalue weighted by Crippen LogP contribution is -2.41. The van der Waals surface area contributed by atoms with Gasteiger partial charge in [-0.15, -0.1) is 0 Å². The van der Waals surface area contributed by atoms with Crippen molar-refractivity contribution >= 4 is 5.91 Å². The number of carbonyl (C=O) groups is 1.